The molecule has 1 aliphatic rings. The van der Waals surface area contributed by atoms with Crippen molar-refractivity contribution in [2.24, 2.45) is 0 Å². The van der Waals surface area contributed by atoms with Crippen molar-refractivity contribution in [2.75, 3.05) is 5.32 Å². The summed E-state index contributed by atoms with van der Waals surface area (Å²) in [6, 6.07) is 6.32. The van der Waals surface area contributed by atoms with Gasteiger partial charge in [0, 0.05) is 5.56 Å². The minimum Gasteiger partial charge on any atom is -0.477 e. The smallest absolute Gasteiger partial charge is 0.341 e. The van der Waals surface area contributed by atoms with Crippen LogP contribution in [0.3, 0.4) is 0 Å². The fraction of sp³-hybridized carbons (Fsp3) is 0.412. The Balaban J connectivity index is 2.15. The number of carboxylic acids is 1. The van der Waals surface area contributed by atoms with Gasteiger partial charge in [0.05, 0.1) is 17.3 Å². The Hall–Kier alpha value is -2.37. The Morgan fingerprint density at radius 3 is 2.83 bits per heavy atom. The van der Waals surface area contributed by atoms with E-state index >= 15 is 0 Å². The van der Waals surface area contributed by atoms with E-state index in [-0.39, 0.29) is 23.0 Å². The van der Waals surface area contributed by atoms with Gasteiger partial charge >= 0.3 is 5.97 Å². The number of benzene rings is 1. The maximum Gasteiger partial charge on any atom is 0.341 e. The van der Waals surface area contributed by atoms with Crippen LogP contribution in [-0.4, -0.2) is 20.9 Å². The zero-order chi connectivity index (χ0) is 16.8. The lowest BCUT2D eigenvalue weighted by Gasteiger charge is -2.40. The first-order chi connectivity index (χ1) is 10.9. The average Bonchev–Trinajstić information content (AvgIpc) is 2.85. The van der Waals surface area contributed by atoms with Gasteiger partial charge in [0.1, 0.15) is 17.2 Å². The Labute approximate surface area is 134 Å². The first kappa shape index (κ1) is 15.5. The Morgan fingerprint density at radius 2 is 2.22 bits per heavy atom. The molecule has 2 unspecified atom stereocenters. The average molecular weight is 317 g/mol. The third-order valence-corrected chi connectivity index (χ3v) is 4.78. The first-order valence-corrected chi connectivity index (χ1v) is 7.71. The number of nitrogens with one attached hydrogen (secondary N) is 1. The van der Waals surface area contributed by atoms with Crippen molar-refractivity contribution in [3.8, 4) is 0 Å². The van der Waals surface area contributed by atoms with Gasteiger partial charge in [-0.05, 0) is 32.8 Å². The lowest BCUT2D eigenvalue weighted by atomic mass is 9.85. The van der Waals surface area contributed by atoms with Crippen LogP contribution in [0.2, 0.25) is 0 Å². The molecule has 0 radical (unpaired) electrons. The van der Waals surface area contributed by atoms with Crippen LogP contribution in [-0.2, 0) is 5.54 Å². The van der Waals surface area contributed by atoms with Crippen molar-refractivity contribution in [3.63, 3.8) is 0 Å². The third kappa shape index (κ3) is 2.38. The molecule has 0 fully saturated rings. The number of rotatable bonds is 3. The van der Waals surface area contributed by atoms with Crippen LogP contribution in [0, 0.1) is 12.7 Å². The predicted molar refractivity (Wildman–Crippen MR) is 85.2 cm³/mol. The molecule has 3 rings (SSSR count). The molecule has 2 aromatic rings. The molecule has 5 nitrogen and oxygen atoms in total. The molecule has 1 aliphatic heterocycles. The predicted octanol–water partition coefficient (Wildman–Crippen LogP) is 3.71. The first-order valence-electron chi connectivity index (χ1n) is 7.71. The lowest BCUT2D eigenvalue weighted by molar-refractivity contribution is 0.0696. The van der Waals surface area contributed by atoms with Gasteiger partial charge in [-0.15, -0.1) is 0 Å². The summed E-state index contributed by atoms with van der Waals surface area (Å²) >= 11 is 0. The molecule has 0 spiro atoms. The quantitative estimate of drug-likeness (QED) is 0.905. The molecule has 0 bridgehead atoms. The molecule has 2 atom stereocenters. The number of aromatic nitrogens is 2. The second-order valence-electron chi connectivity index (χ2n) is 6.30. The topological polar surface area (TPSA) is 67.2 Å². The highest BCUT2D eigenvalue weighted by atomic mass is 19.1. The number of nitrogens with zero attached hydrogens (tertiary/aromatic N) is 2. The van der Waals surface area contributed by atoms with Crippen molar-refractivity contribution < 1.29 is 14.3 Å². The largest absolute Gasteiger partial charge is 0.477 e. The number of carbonyl (C=O) groups is 1. The van der Waals surface area contributed by atoms with E-state index in [9.17, 15) is 14.3 Å². The van der Waals surface area contributed by atoms with Gasteiger partial charge in [-0.1, -0.05) is 25.1 Å². The summed E-state index contributed by atoms with van der Waals surface area (Å²) < 4.78 is 15.9. The highest BCUT2D eigenvalue weighted by Gasteiger charge is 2.40. The van der Waals surface area contributed by atoms with Crippen LogP contribution < -0.4 is 5.32 Å². The second kappa shape index (κ2) is 5.37. The van der Waals surface area contributed by atoms with E-state index in [2.05, 4.69) is 10.4 Å². The van der Waals surface area contributed by atoms with Crippen LogP contribution in [0.1, 0.15) is 54.3 Å². The number of aromatic carboxylic acids is 1. The SMILES string of the molecule is CCC1(C)CC(c2ccccc2F)Nc2c(C(=O)O)c(C)nn21. The standard InChI is InChI=1S/C17H20FN3O2/c1-4-17(3)9-13(11-7-5-6-8-12(11)18)19-15-14(16(22)23)10(2)20-21(15)17/h5-8,13,19H,4,9H2,1-3H3,(H,22,23). The summed E-state index contributed by atoms with van der Waals surface area (Å²) in [5.41, 5.74) is 0.805. The van der Waals surface area contributed by atoms with Gasteiger partial charge in [0.25, 0.3) is 0 Å². The Morgan fingerprint density at radius 1 is 1.52 bits per heavy atom. The molecule has 0 saturated heterocycles. The van der Waals surface area contributed by atoms with Crippen LogP contribution in [0.15, 0.2) is 24.3 Å². The number of anilines is 1. The second-order valence-corrected chi connectivity index (χ2v) is 6.30. The Kier molecular flexibility index (Phi) is 3.62. The number of carboxylic acid groups (broad SMARTS) is 1. The molecule has 122 valence electrons. The van der Waals surface area contributed by atoms with E-state index in [1.807, 2.05) is 13.8 Å². The van der Waals surface area contributed by atoms with E-state index in [4.69, 9.17) is 0 Å². The van der Waals surface area contributed by atoms with Crippen molar-refractivity contribution >= 4 is 11.8 Å². The minimum absolute atomic E-state index is 0.158. The van der Waals surface area contributed by atoms with Crippen LogP contribution >= 0.6 is 0 Å². The van der Waals surface area contributed by atoms with E-state index in [1.165, 1.54) is 6.07 Å². The fourth-order valence-electron chi connectivity index (χ4n) is 3.29. The summed E-state index contributed by atoms with van der Waals surface area (Å²) in [4.78, 5) is 11.6. The van der Waals surface area contributed by atoms with Crippen molar-refractivity contribution in [2.45, 2.75) is 45.2 Å². The molecular formula is C17H20FN3O2. The number of fused-ring (bicyclic) bond motifs is 1. The molecular weight excluding hydrogens is 297 g/mol. The fourth-order valence-corrected chi connectivity index (χ4v) is 3.29. The summed E-state index contributed by atoms with van der Waals surface area (Å²) in [6.45, 7) is 5.75. The summed E-state index contributed by atoms with van der Waals surface area (Å²) in [5, 5.41) is 17.1. The van der Waals surface area contributed by atoms with E-state index in [0.717, 1.165) is 6.42 Å². The van der Waals surface area contributed by atoms with Crippen molar-refractivity contribution in [1.82, 2.24) is 9.78 Å². The van der Waals surface area contributed by atoms with Crippen molar-refractivity contribution in [1.29, 1.82) is 0 Å². The summed E-state index contributed by atoms with van der Waals surface area (Å²) in [6.07, 6.45) is 1.41. The normalized spacial score (nSPS) is 23.2. The Bertz CT molecular complexity index is 771. The van der Waals surface area contributed by atoms with Crippen LogP contribution in [0.4, 0.5) is 10.2 Å². The molecule has 2 N–H and O–H groups in total. The number of halogens is 1. The maximum absolute atomic E-state index is 14.2. The van der Waals surface area contributed by atoms with Gasteiger partial charge in [-0.3, -0.25) is 0 Å². The maximum atomic E-state index is 14.2. The van der Waals surface area contributed by atoms with Gasteiger partial charge in [-0.2, -0.15) is 5.10 Å². The zero-order valence-electron chi connectivity index (χ0n) is 13.4. The molecule has 23 heavy (non-hydrogen) atoms. The molecule has 0 saturated carbocycles. The van der Waals surface area contributed by atoms with Gasteiger partial charge < -0.3 is 10.4 Å². The molecule has 2 heterocycles. The van der Waals surface area contributed by atoms with Crippen LogP contribution in [0.5, 0.6) is 0 Å². The van der Waals surface area contributed by atoms with E-state index in [0.29, 0.717) is 23.5 Å². The lowest BCUT2D eigenvalue weighted by Crippen LogP contribution is -2.40. The van der Waals surface area contributed by atoms with Gasteiger partial charge in [0.2, 0.25) is 0 Å². The minimum atomic E-state index is -1.02. The molecule has 0 amide bonds. The number of hydrogen-bond acceptors (Lipinski definition) is 3. The molecule has 0 aliphatic carbocycles. The summed E-state index contributed by atoms with van der Waals surface area (Å²) in [7, 11) is 0. The number of hydrogen-bond donors (Lipinski definition) is 2. The van der Waals surface area contributed by atoms with E-state index < -0.39 is 5.97 Å². The third-order valence-electron chi connectivity index (χ3n) is 4.78. The monoisotopic (exact) mass is 317 g/mol. The summed E-state index contributed by atoms with van der Waals surface area (Å²) in [5.74, 6) is -0.854. The molecule has 6 heteroatoms. The number of aryl methyl sites for hydroxylation is 1. The molecule has 1 aromatic heterocycles. The van der Waals surface area contributed by atoms with Gasteiger partial charge in [-0.25, -0.2) is 13.9 Å². The highest BCUT2D eigenvalue weighted by molar-refractivity contribution is 5.95. The van der Waals surface area contributed by atoms with E-state index in [1.54, 1.807) is 29.8 Å². The van der Waals surface area contributed by atoms with Crippen LogP contribution in [0.25, 0.3) is 0 Å². The van der Waals surface area contributed by atoms with Gasteiger partial charge in [0.15, 0.2) is 0 Å². The van der Waals surface area contributed by atoms with Crippen molar-refractivity contribution in [3.05, 3.63) is 46.9 Å². The highest BCUT2D eigenvalue weighted by Crippen LogP contribution is 2.43. The zero-order valence-corrected chi connectivity index (χ0v) is 13.4. The molecule has 1 aromatic carbocycles.